The number of aldehydes is 1. The van der Waals surface area contributed by atoms with E-state index in [1.165, 1.54) is 51.0 Å². The SMILES string of the molecule is C=C/C=C(C)\C=C/C.CC(=O)c1ccc(-c2nc3ccc(C=O)cc3[nH]2)cc1.CNC1CCCCCC1. The van der Waals surface area contributed by atoms with Gasteiger partial charge in [0.25, 0.3) is 0 Å². The van der Waals surface area contributed by atoms with Crippen LogP contribution in [0.5, 0.6) is 0 Å². The number of aromatic amines is 1. The van der Waals surface area contributed by atoms with E-state index in [1.807, 2.05) is 50.3 Å². The van der Waals surface area contributed by atoms with Gasteiger partial charge in [0, 0.05) is 22.7 Å². The van der Waals surface area contributed by atoms with Gasteiger partial charge in [0.1, 0.15) is 12.1 Å². The summed E-state index contributed by atoms with van der Waals surface area (Å²) in [5.41, 5.74) is 5.05. The number of Topliss-reactive ketones (excluding diaryl/α,β-unsaturated/α-hetero) is 1. The lowest BCUT2D eigenvalue weighted by atomic mass is 10.1. The average molecular weight is 500 g/mol. The Morgan fingerprint density at radius 1 is 1.05 bits per heavy atom. The molecule has 3 aromatic rings. The van der Waals surface area contributed by atoms with Crippen molar-refractivity contribution in [3.05, 3.63) is 90.0 Å². The maximum absolute atomic E-state index is 11.2. The summed E-state index contributed by atoms with van der Waals surface area (Å²) in [5, 5.41) is 3.34. The van der Waals surface area contributed by atoms with Crippen LogP contribution in [0.25, 0.3) is 22.4 Å². The molecular formula is C32H41N3O2. The van der Waals surface area contributed by atoms with Gasteiger partial charge < -0.3 is 10.3 Å². The quantitative estimate of drug-likeness (QED) is 0.157. The molecule has 1 aliphatic rings. The first-order valence-electron chi connectivity index (χ1n) is 13.1. The predicted molar refractivity (Wildman–Crippen MR) is 156 cm³/mol. The van der Waals surface area contributed by atoms with Crippen LogP contribution < -0.4 is 5.32 Å². The third kappa shape index (κ3) is 10.1. The number of rotatable bonds is 6. The maximum atomic E-state index is 11.2. The summed E-state index contributed by atoms with van der Waals surface area (Å²) in [6, 6.07) is 13.4. The molecule has 0 spiro atoms. The molecule has 0 bridgehead atoms. The largest absolute Gasteiger partial charge is 0.338 e. The van der Waals surface area contributed by atoms with Crippen LogP contribution in [-0.4, -0.2) is 35.1 Å². The molecule has 0 radical (unpaired) electrons. The fourth-order valence-electron chi connectivity index (χ4n) is 4.17. The van der Waals surface area contributed by atoms with Crippen LogP contribution in [-0.2, 0) is 0 Å². The zero-order valence-electron chi connectivity index (χ0n) is 22.7. The molecule has 0 aliphatic heterocycles. The van der Waals surface area contributed by atoms with Crippen molar-refractivity contribution in [1.29, 1.82) is 0 Å². The van der Waals surface area contributed by atoms with Crippen molar-refractivity contribution in [3.8, 4) is 11.4 Å². The number of hydrogen-bond acceptors (Lipinski definition) is 4. The van der Waals surface area contributed by atoms with Gasteiger partial charge in [0.2, 0.25) is 0 Å². The van der Waals surface area contributed by atoms with Crippen molar-refractivity contribution in [2.24, 2.45) is 0 Å². The van der Waals surface area contributed by atoms with Gasteiger partial charge >= 0.3 is 0 Å². The Morgan fingerprint density at radius 2 is 1.73 bits per heavy atom. The van der Waals surface area contributed by atoms with Crippen LogP contribution in [0.4, 0.5) is 0 Å². The van der Waals surface area contributed by atoms with E-state index >= 15 is 0 Å². The normalized spacial score (nSPS) is 14.2. The van der Waals surface area contributed by atoms with E-state index in [-0.39, 0.29) is 5.78 Å². The van der Waals surface area contributed by atoms with E-state index in [2.05, 4.69) is 28.9 Å². The van der Waals surface area contributed by atoms with Crippen LogP contribution in [0.1, 0.15) is 80.0 Å². The van der Waals surface area contributed by atoms with E-state index in [1.54, 1.807) is 30.3 Å². The molecule has 1 aromatic heterocycles. The minimum atomic E-state index is 0.0387. The van der Waals surface area contributed by atoms with Gasteiger partial charge in [-0.05, 0) is 58.9 Å². The molecule has 4 rings (SSSR count). The molecule has 2 N–H and O–H groups in total. The third-order valence-corrected chi connectivity index (χ3v) is 6.28. The Morgan fingerprint density at radius 3 is 2.27 bits per heavy atom. The number of fused-ring (bicyclic) bond motifs is 1. The number of nitrogens with zero attached hydrogens (tertiary/aromatic N) is 1. The fourth-order valence-corrected chi connectivity index (χ4v) is 4.17. The smallest absolute Gasteiger partial charge is 0.159 e. The molecule has 1 heterocycles. The highest BCUT2D eigenvalue weighted by molar-refractivity contribution is 5.94. The molecule has 196 valence electrons. The topological polar surface area (TPSA) is 74.8 Å². The van der Waals surface area contributed by atoms with Gasteiger partial charge in [0.15, 0.2) is 5.78 Å². The first-order valence-corrected chi connectivity index (χ1v) is 13.1. The number of allylic oxidation sites excluding steroid dienone is 5. The minimum absolute atomic E-state index is 0.0387. The molecule has 0 saturated heterocycles. The first kappa shape index (κ1) is 29.7. The lowest BCUT2D eigenvalue weighted by Crippen LogP contribution is -2.23. The van der Waals surface area contributed by atoms with Crippen molar-refractivity contribution in [1.82, 2.24) is 15.3 Å². The summed E-state index contributed by atoms with van der Waals surface area (Å²) < 4.78 is 0. The lowest BCUT2D eigenvalue weighted by molar-refractivity contribution is 0.101. The maximum Gasteiger partial charge on any atom is 0.159 e. The lowest BCUT2D eigenvalue weighted by Gasteiger charge is -2.10. The van der Waals surface area contributed by atoms with Crippen molar-refractivity contribution < 1.29 is 9.59 Å². The molecule has 0 atom stereocenters. The number of hydrogen-bond donors (Lipinski definition) is 2. The summed E-state index contributed by atoms with van der Waals surface area (Å²) in [4.78, 5) is 29.7. The fraction of sp³-hybridized carbons (Fsp3) is 0.344. The molecule has 2 aromatic carbocycles. The van der Waals surface area contributed by atoms with E-state index in [9.17, 15) is 9.59 Å². The van der Waals surface area contributed by atoms with Crippen LogP contribution in [0.15, 0.2) is 78.9 Å². The molecule has 5 nitrogen and oxygen atoms in total. The molecule has 1 fully saturated rings. The van der Waals surface area contributed by atoms with Crippen molar-refractivity contribution in [2.45, 2.75) is 65.3 Å². The second-order valence-electron chi connectivity index (χ2n) is 9.24. The zero-order valence-corrected chi connectivity index (χ0v) is 22.7. The second kappa shape index (κ2) is 16.2. The standard InChI is InChI=1S/C16H12N2O2.C8H17N.C8H12/c1-10(20)12-3-5-13(6-4-12)16-17-14-7-2-11(9-19)8-15(14)18-16;1-9-8-6-4-2-3-5-7-8;1-4-6-8(3)7-5-2/h2-9H,1H3,(H,17,18);8-9H,2-7H2,1H3;4-7H,1H2,2-3H3/b;;7-5-,8-6-. The zero-order chi connectivity index (χ0) is 27.0. The number of aromatic nitrogens is 2. The second-order valence-corrected chi connectivity index (χ2v) is 9.24. The Kier molecular flexibility index (Phi) is 13.0. The molecule has 0 unspecified atom stereocenters. The molecule has 0 amide bonds. The number of nitrogens with one attached hydrogen (secondary N) is 2. The Hall–Kier alpha value is -3.57. The Bertz CT molecular complexity index is 1190. The molecule has 37 heavy (non-hydrogen) atoms. The number of benzene rings is 2. The summed E-state index contributed by atoms with van der Waals surface area (Å²) in [6.07, 6.45) is 17.2. The van der Waals surface area contributed by atoms with Gasteiger partial charge in [-0.15, -0.1) is 0 Å². The van der Waals surface area contributed by atoms with Crippen LogP contribution in [0.2, 0.25) is 0 Å². The van der Waals surface area contributed by atoms with Gasteiger partial charge in [0.05, 0.1) is 11.0 Å². The van der Waals surface area contributed by atoms with Crippen LogP contribution in [0, 0.1) is 0 Å². The molecule has 5 heteroatoms. The van der Waals surface area contributed by atoms with E-state index in [0.717, 1.165) is 34.7 Å². The van der Waals surface area contributed by atoms with Crippen molar-refractivity contribution in [2.75, 3.05) is 7.05 Å². The number of carbonyl (C=O) groups is 2. The van der Waals surface area contributed by atoms with E-state index in [0.29, 0.717) is 11.1 Å². The Labute approximate surface area is 221 Å². The molecule has 1 aliphatic carbocycles. The highest BCUT2D eigenvalue weighted by Gasteiger charge is 2.08. The third-order valence-electron chi connectivity index (χ3n) is 6.28. The van der Waals surface area contributed by atoms with Crippen molar-refractivity contribution >= 4 is 23.1 Å². The van der Waals surface area contributed by atoms with Crippen molar-refractivity contribution in [3.63, 3.8) is 0 Å². The molecular weight excluding hydrogens is 458 g/mol. The minimum Gasteiger partial charge on any atom is -0.338 e. The number of H-pyrrole nitrogens is 1. The number of ketones is 1. The summed E-state index contributed by atoms with van der Waals surface area (Å²) in [5.74, 6) is 0.759. The Balaban J connectivity index is 0.000000235. The highest BCUT2D eigenvalue weighted by Crippen LogP contribution is 2.21. The number of carbonyl (C=O) groups excluding carboxylic acids is 2. The summed E-state index contributed by atoms with van der Waals surface area (Å²) >= 11 is 0. The van der Waals surface area contributed by atoms with Gasteiger partial charge in [-0.1, -0.05) is 86.4 Å². The van der Waals surface area contributed by atoms with Crippen LogP contribution in [0.3, 0.4) is 0 Å². The van der Waals surface area contributed by atoms with Gasteiger partial charge in [-0.25, -0.2) is 4.98 Å². The van der Waals surface area contributed by atoms with Gasteiger partial charge in [-0.3, -0.25) is 9.59 Å². The van der Waals surface area contributed by atoms with E-state index in [4.69, 9.17) is 0 Å². The van der Waals surface area contributed by atoms with Gasteiger partial charge in [-0.2, -0.15) is 0 Å². The molecule has 1 saturated carbocycles. The monoisotopic (exact) mass is 499 g/mol. The summed E-state index contributed by atoms with van der Waals surface area (Å²) in [7, 11) is 2.08. The first-order chi connectivity index (χ1) is 17.9. The number of imidazole rings is 1. The summed E-state index contributed by atoms with van der Waals surface area (Å²) in [6.45, 7) is 9.16. The van der Waals surface area contributed by atoms with Crippen LogP contribution >= 0.6 is 0 Å². The average Bonchev–Trinajstić information content (AvgIpc) is 3.15. The van der Waals surface area contributed by atoms with E-state index < -0.39 is 0 Å². The predicted octanol–water partition coefficient (Wildman–Crippen LogP) is 7.87. The highest BCUT2D eigenvalue weighted by atomic mass is 16.1.